The summed E-state index contributed by atoms with van der Waals surface area (Å²) in [5.74, 6) is 0.697. The number of methoxy groups -OCH3 is 1. The highest BCUT2D eigenvalue weighted by Crippen LogP contribution is 2.42. The molecule has 1 saturated carbocycles. The van der Waals surface area contributed by atoms with Gasteiger partial charge in [0, 0.05) is 36.2 Å². The van der Waals surface area contributed by atoms with Gasteiger partial charge in [0.15, 0.2) is 0 Å². The summed E-state index contributed by atoms with van der Waals surface area (Å²) in [6.07, 6.45) is 4.22. The molecule has 0 aliphatic heterocycles. The lowest BCUT2D eigenvalue weighted by molar-refractivity contribution is -0.0714. The molecule has 3 rings (SSSR count). The fourth-order valence-electron chi connectivity index (χ4n) is 3.01. The molecule has 5 heteroatoms. The van der Waals surface area contributed by atoms with E-state index >= 15 is 0 Å². The van der Waals surface area contributed by atoms with E-state index in [2.05, 4.69) is 27.1 Å². The zero-order chi connectivity index (χ0) is 15.0. The highest BCUT2D eigenvalue weighted by atomic mass is 79.9. The third kappa shape index (κ3) is 2.49. The van der Waals surface area contributed by atoms with E-state index < -0.39 is 0 Å². The van der Waals surface area contributed by atoms with E-state index in [1.807, 2.05) is 25.2 Å². The third-order valence-electron chi connectivity index (χ3n) is 4.49. The van der Waals surface area contributed by atoms with Gasteiger partial charge in [-0.3, -0.25) is 4.68 Å². The van der Waals surface area contributed by atoms with E-state index in [0.29, 0.717) is 5.82 Å². The molecular weight excluding hydrogens is 330 g/mol. The van der Waals surface area contributed by atoms with E-state index in [1.165, 1.54) is 6.42 Å². The first-order chi connectivity index (χ1) is 10.1. The Labute approximate surface area is 133 Å². The number of nitrogen functional groups attached to an aromatic ring is 1. The number of aryl methyl sites for hydroxylation is 1. The van der Waals surface area contributed by atoms with Crippen LogP contribution in [0.4, 0.5) is 5.82 Å². The maximum atomic E-state index is 6.26. The van der Waals surface area contributed by atoms with Gasteiger partial charge in [-0.15, -0.1) is 0 Å². The fourth-order valence-corrected chi connectivity index (χ4v) is 3.49. The molecule has 1 aromatic heterocycles. The Morgan fingerprint density at radius 3 is 2.67 bits per heavy atom. The summed E-state index contributed by atoms with van der Waals surface area (Å²) in [5, 5.41) is 4.63. The second-order valence-corrected chi connectivity index (χ2v) is 6.58. The van der Waals surface area contributed by atoms with Crippen LogP contribution < -0.4 is 5.73 Å². The maximum Gasteiger partial charge on any atom is 0.129 e. The summed E-state index contributed by atoms with van der Waals surface area (Å²) < 4.78 is 8.54. The lowest BCUT2D eigenvalue weighted by atomic mass is 9.76. The number of nitrogens with two attached hydrogens (primary N) is 1. The van der Waals surface area contributed by atoms with Crippen LogP contribution in [-0.4, -0.2) is 22.5 Å². The van der Waals surface area contributed by atoms with Gasteiger partial charge in [0.1, 0.15) is 5.82 Å². The van der Waals surface area contributed by atoms with Crippen molar-refractivity contribution in [2.45, 2.75) is 31.3 Å². The molecule has 21 heavy (non-hydrogen) atoms. The number of nitrogens with zero attached hydrogens (tertiary/aromatic N) is 2. The van der Waals surface area contributed by atoms with Crippen LogP contribution in [0.25, 0.3) is 11.1 Å². The molecule has 2 N–H and O–H groups in total. The van der Waals surface area contributed by atoms with E-state index in [1.54, 1.807) is 11.8 Å². The van der Waals surface area contributed by atoms with Gasteiger partial charge in [-0.2, -0.15) is 5.10 Å². The number of aromatic nitrogens is 2. The molecule has 0 bridgehead atoms. The number of hydrogen-bond acceptors (Lipinski definition) is 3. The fraction of sp³-hybridized carbons (Fsp3) is 0.438. The van der Waals surface area contributed by atoms with Crippen LogP contribution in [0.2, 0.25) is 0 Å². The third-order valence-corrected chi connectivity index (χ3v) is 5.19. The molecule has 0 amide bonds. The molecule has 0 spiro atoms. The minimum Gasteiger partial charge on any atom is -0.383 e. The number of ether oxygens (including phenoxy) is 1. The Hall–Kier alpha value is -1.33. The van der Waals surface area contributed by atoms with Crippen molar-refractivity contribution in [2.75, 3.05) is 12.8 Å². The lowest BCUT2D eigenvalue weighted by Crippen LogP contribution is -2.41. The van der Waals surface area contributed by atoms with Gasteiger partial charge in [-0.25, -0.2) is 0 Å². The Kier molecular flexibility index (Phi) is 3.80. The van der Waals surface area contributed by atoms with Crippen molar-refractivity contribution in [1.82, 2.24) is 9.78 Å². The Balaban J connectivity index is 2.06. The van der Waals surface area contributed by atoms with Crippen LogP contribution in [0.3, 0.4) is 0 Å². The van der Waals surface area contributed by atoms with Crippen LogP contribution in [-0.2, 0) is 18.2 Å². The van der Waals surface area contributed by atoms with Crippen LogP contribution in [0.1, 0.15) is 25.0 Å². The smallest absolute Gasteiger partial charge is 0.129 e. The van der Waals surface area contributed by atoms with Crippen molar-refractivity contribution >= 4 is 21.7 Å². The van der Waals surface area contributed by atoms with Gasteiger partial charge in [0.05, 0.1) is 11.3 Å². The van der Waals surface area contributed by atoms with Gasteiger partial charge in [0.25, 0.3) is 0 Å². The summed E-state index contributed by atoms with van der Waals surface area (Å²) in [4.78, 5) is 0. The quantitative estimate of drug-likeness (QED) is 0.918. The first-order valence-corrected chi connectivity index (χ1v) is 7.97. The largest absolute Gasteiger partial charge is 0.383 e. The van der Waals surface area contributed by atoms with E-state index in [4.69, 9.17) is 10.5 Å². The highest BCUT2D eigenvalue weighted by molar-refractivity contribution is 9.10. The number of hydrogen-bond donors (Lipinski definition) is 1. The zero-order valence-corrected chi connectivity index (χ0v) is 14.0. The van der Waals surface area contributed by atoms with Crippen molar-refractivity contribution in [3.63, 3.8) is 0 Å². The number of halogens is 1. The second kappa shape index (κ2) is 5.46. The molecule has 0 radical (unpaired) electrons. The minimum atomic E-state index is -0.0587. The van der Waals surface area contributed by atoms with Gasteiger partial charge in [-0.1, -0.05) is 34.1 Å². The molecular formula is C16H20BrN3O. The van der Waals surface area contributed by atoms with Crippen molar-refractivity contribution in [2.24, 2.45) is 7.05 Å². The van der Waals surface area contributed by atoms with Gasteiger partial charge in [-0.05, 0) is 25.3 Å². The summed E-state index contributed by atoms with van der Waals surface area (Å²) in [6.45, 7) is 0. The van der Waals surface area contributed by atoms with Gasteiger partial charge < -0.3 is 10.5 Å². The maximum absolute atomic E-state index is 6.26. The molecule has 1 heterocycles. The molecule has 0 saturated heterocycles. The number of anilines is 1. The number of rotatable bonds is 4. The van der Waals surface area contributed by atoms with Gasteiger partial charge >= 0.3 is 0 Å². The lowest BCUT2D eigenvalue weighted by Gasteiger charge is -2.40. The van der Waals surface area contributed by atoms with E-state index in [-0.39, 0.29) is 5.60 Å². The molecule has 2 aromatic rings. The summed E-state index contributed by atoms with van der Waals surface area (Å²) in [7, 11) is 3.68. The standard InChI is InChI=1S/C16H20BrN3O/c1-20-15(18)14(11-6-3-4-7-12(11)17)13(19-20)10-16(21-2)8-5-9-16/h3-4,6-7H,5,8-10,18H2,1-2H3. The zero-order valence-electron chi connectivity index (χ0n) is 12.4. The Morgan fingerprint density at radius 1 is 1.38 bits per heavy atom. The van der Waals surface area contributed by atoms with Crippen LogP contribution in [0, 0.1) is 0 Å². The molecule has 1 aromatic carbocycles. The number of benzene rings is 1. The predicted molar refractivity (Wildman–Crippen MR) is 88.1 cm³/mol. The summed E-state index contributed by atoms with van der Waals surface area (Å²) in [6, 6.07) is 8.12. The Bertz CT molecular complexity index is 656. The molecule has 1 aliphatic carbocycles. The van der Waals surface area contributed by atoms with Crippen molar-refractivity contribution in [3.05, 3.63) is 34.4 Å². The molecule has 1 aliphatic rings. The summed E-state index contributed by atoms with van der Waals surface area (Å²) in [5.41, 5.74) is 9.33. The minimum absolute atomic E-state index is 0.0587. The predicted octanol–water partition coefficient (Wildman–Crippen LogP) is 3.54. The molecule has 0 atom stereocenters. The SMILES string of the molecule is COC1(Cc2nn(C)c(N)c2-c2ccccc2Br)CCC1. The average molecular weight is 350 g/mol. The second-order valence-electron chi connectivity index (χ2n) is 5.73. The molecule has 112 valence electrons. The molecule has 4 nitrogen and oxygen atoms in total. The van der Waals surface area contributed by atoms with Crippen LogP contribution in [0.15, 0.2) is 28.7 Å². The van der Waals surface area contributed by atoms with Crippen molar-refractivity contribution in [1.29, 1.82) is 0 Å². The molecule has 0 unspecified atom stereocenters. The first kappa shape index (κ1) is 14.6. The van der Waals surface area contributed by atoms with E-state index in [0.717, 1.165) is 40.6 Å². The van der Waals surface area contributed by atoms with Crippen molar-refractivity contribution in [3.8, 4) is 11.1 Å². The normalized spacial score (nSPS) is 16.7. The van der Waals surface area contributed by atoms with Gasteiger partial charge in [0.2, 0.25) is 0 Å². The topological polar surface area (TPSA) is 53.1 Å². The average Bonchev–Trinajstić information content (AvgIpc) is 2.70. The van der Waals surface area contributed by atoms with E-state index in [9.17, 15) is 0 Å². The Morgan fingerprint density at radius 2 is 2.10 bits per heavy atom. The highest BCUT2D eigenvalue weighted by Gasteiger charge is 2.39. The van der Waals surface area contributed by atoms with Crippen LogP contribution in [0.5, 0.6) is 0 Å². The van der Waals surface area contributed by atoms with Crippen LogP contribution >= 0.6 is 15.9 Å². The summed E-state index contributed by atoms with van der Waals surface area (Å²) >= 11 is 3.61. The first-order valence-electron chi connectivity index (χ1n) is 7.18. The monoisotopic (exact) mass is 349 g/mol. The van der Waals surface area contributed by atoms with Crippen molar-refractivity contribution < 1.29 is 4.74 Å². The molecule has 1 fully saturated rings.